The predicted molar refractivity (Wildman–Crippen MR) is 112 cm³/mol. The summed E-state index contributed by atoms with van der Waals surface area (Å²) < 4.78 is 11.2. The topological polar surface area (TPSA) is 50.8 Å². The molecule has 0 saturated heterocycles. The number of nitrogens with one attached hydrogen (secondary N) is 1. The number of rotatable bonds is 8. The number of carbonyl (C=O) groups is 1. The Balaban J connectivity index is 1.53. The Morgan fingerprint density at radius 1 is 1.07 bits per heavy atom. The van der Waals surface area contributed by atoms with E-state index >= 15 is 0 Å². The Bertz CT molecular complexity index is 790. The molecule has 0 saturated carbocycles. The molecule has 1 N–H and O–H groups in total. The maximum atomic E-state index is 12.8. The number of fused-ring (bicyclic) bond motifs is 1. The van der Waals surface area contributed by atoms with E-state index < -0.39 is 5.41 Å². The van der Waals surface area contributed by atoms with Gasteiger partial charge in [0, 0.05) is 25.3 Å². The first-order chi connectivity index (χ1) is 13.5. The zero-order chi connectivity index (χ0) is 20.0. The van der Waals surface area contributed by atoms with Crippen molar-refractivity contribution in [3.8, 4) is 11.5 Å². The third kappa shape index (κ3) is 4.58. The van der Waals surface area contributed by atoms with Crippen molar-refractivity contribution in [2.24, 2.45) is 0 Å². The minimum atomic E-state index is -0.639. The summed E-state index contributed by atoms with van der Waals surface area (Å²) in [5.74, 6) is 1.48. The molecular weight excluding hydrogens is 352 g/mol. The predicted octanol–water partition coefficient (Wildman–Crippen LogP) is 3.77. The number of anilines is 1. The molecule has 2 aromatic carbocycles. The molecule has 5 nitrogen and oxygen atoms in total. The monoisotopic (exact) mass is 382 g/mol. The average Bonchev–Trinajstić information content (AvgIpc) is 2.73. The first-order valence-corrected chi connectivity index (χ1v) is 10.0. The highest BCUT2D eigenvalue weighted by Crippen LogP contribution is 2.35. The number of ether oxygens (including phenoxy) is 2. The van der Waals surface area contributed by atoms with Crippen LogP contribution in [-0.2, 0) is 10.2 Å². The minimum absolute atomic E-state index is 0.0203. The van der Waals surface area contributed by atoms with Crippen molar-refractivity contribution >= 4 is 11.6 Å². The molecule has 0 fully saturated rings. The van der Waals surface area contributed by atoms with E-state index in [9.17, 15) is 4.79 Å². The van der Waals surface area contributed by atoms with Gasteiger partial charge in [-0.1, -0.05) is 24.3 Å². The van der Waals surface area contributed by atoms with Crippen LogP contribution < -0.4 is 19.7 Å². The molecule has 0 spiro atoms. The van der Waals surface area contributed by atoms with Gasteiger partial charge in [0.1, 0.15) is 13.2 Å². The van der Waals surface area contributed by atoms with Crippen LogP contribution in [0.4, 0.5) is 5.69 Å². The summed E-state index contributed by atoms with van der Waals surface area (Å²) in [5.41, 5.74) is 1.50. The van der Waals surface area contributed by atoms with Crippen molar-refractivity contribution in [3.05, 3.63) is 54.1 Å². The Morgan fingerprint density at radius 3 is 2.50 bits per heavy atom. The number of carbonyl (C=O) groups excluding carboxylic acids is 1. The van der Waals surface area contributed by atoms with E-state index in [-0.39, 0.29) is 5.91 Å². The van der Waals surface area contributed by atoms with Crippen molar-refractivity contribution in [3.63, 3.8) is 0 Å². The Labute approximate surface area is 167 Å². The maximum Gasteiger partial charge on any atom is 0.230 e. The molecule has 150 valence electrons. The van der Waals surface area contributed by atoms with Crippen molar-refractivity contribution in [2.45, 2.75) is 32.6 Å². The van der Waals surface area contributed by atoms with Crippen LogP contribution in [0.5, 0.6) is 11.5 Å². The lowest BCUT2D eigenvalue weighted by atomic mass is 9.83. The zero-order valence-corrected chi connectivity index (χ0v) is 17.0. The maximum absolute atomic E-state index is 12.8. The van der Waals surface area contributed by atoms with Crippen LogP contribution in [-0.4, -0.2) is 38.8 Å². The van der Waals surface area contributed by atoms with Crippen molar-refractivity contribution in [2.75, 3.05) is 37.7 Å². The Kier molecular flexibility index (Phi) is 6.45. The molecule has 1 aliphatic rings. The SMILES string of the molecule is CCN(CCCNC(=O)C(C)(C)c1ccc2c(c1)OCCO2)c1ccccc1. The summed E-state index contributed by atoms with van der Waals surface area (Å²) in [6, 6.07) is 16.1. The lowest BCUT2D eigenvalue weighted by Gasteiger charge is -2.27. The molecular formula is C23H30N2O3. The molecule has 0 bridgehead atoms. The number of amides is 1. The smallest absolute Gasteiger partial charge is 0.230 e. The van der Waals surface area contributed by atoms with Gasteiger partial charge in [-0.25, -0.2) is 0 Å². The molecule has 1 heterocycles. The van der Waals surface area contributed by atoms with Gasteiger partial charge in [0.05, 0.1) is 5.41 Å². The van der Waals surface area contributed by atoms with Crippen LogP contribution >= 0.6 is 0 Å². The second-order valence-corrected chi connectivity index (χ2v) is 7.51. The lowest BCUT2D eigenvalue weighted by Crippen LogP contribution is -2.41. The first-order valence-electron chi connectivity index (χ1n) is 10.0. The van der Waals surface area contributed by atoms with Gasteiger partial charge >= 0.3 is 0 Å². The summed E-state index contributed by atoms with van der Waals surface area (Å²) in [6.07, 6.45) is 0.895. The molecule has 0 aliphatic carbocycles. The Hall–Kier alpha value is -2.69. The molecule has 0 atom stereocenters. The molecule has 0 radical (unpaired) electrons. The van der Waals surface area contributed by atoms with Crippen LogP contribution in [0.25, 0.3) is 0 Å². The third-order valence-electron chi connectivity index (χ3n) is 5.22. The molecule has 2 aromatic rings. The highest BCUT2D eigenvalue weighted by atomic mass is 16.6. The lowest BCUT2D eigenvalue weighted by molar-refractivity contribution is -0.125. The molecule has 5 heteroatoms. The average molecular weight is 383 g/mol. The Morgan fingerprint density at radius 2 is 1.79 bits per heavy atom. The summed E-state index contributed by atoms with van der Waals surface area (Å²) in [4.78, 5) is 15.1. The highest BCUT2D eigenvalue weighted by molar-refractivity contribution is 5.87. The van der Waals surface area contributed by atoms with Gasteiger partial charge in [-0.2, -0.15) is 0 Å². The summed E-state index contributed by atoms with van der Waals surface area (Å²) in [6.45, 7) is 9.64. The van der Waals surface area contributed by atoms with Gasteiger partial charge in [0.15, 0.2) is 11.5 Å². The second-order valence-electron chi connectivity index (χ2n) is 7.51. The van der Waals surface area contributed by atoms with Crippen LogP contribution in [0, 0.1) is 0 Å². The molecule has 0 aromatic heterocycles. The van der Waals surface area contributed by atoms with E-state index in [0.29, 0.717) is 25.5 Å². The molecule has 28 heavy (non-hydrogen) atoms. The van der Waals surface area contributed by atoms with E-state index in [1.54, 1.807) is 0 Å². The summed E-state index contributed by atoms with van der Waals surface area (Å²) >= 11 is 0. The van der Waals surface area contributed by atoms with Crippen LogP contribution in [0.15, 0.2) is 48.5 Å². The van der Waals surface area contributed by atoms with Gasteiger partial charge in [-0.15, -0.1) is 0 Å². The zero-order valence-electron chi connectivity index (χ0n) is 17.0. The van der Waals surface area contributed by atoms with Crippen LogP contribution in [0.1, 0.15) is 32.8 Å². The van der Waals surface area contributed by atoms with E-state index in [4.69, 9.17) is 9.47 Å². The summed E-state index contributed by atoms with van der Waals surface area (Å²) in [7, 11) is 0. The summed E-state index contributed by atoms with van der Waals surface area (Å²) in [5, 5.41) is 3.09. The van der Waals surface area contributed by atoms with E-state index in [2.05, 4.69) is 41.4 Å². The number of hydrogen-bond acceptors (Lipinski definition) is 4. The fourth-order valence-corrected chi connectivity index (χ4v) is 3.36. The largest absolute Gasteiger partial charge is 0.486 e. The fourth-order valence-electron chi connectivity index (χ4n) is 3.36. The number of para-hydroxylation sites is 1. The molecule has 1 aliphatic heterocycles. The van der Waals surface area contributed by atoms with Gasteiger partial charge in [0.2, 0.25) is 5.91 Å². The molecule has 1 amide bonds. The normalized spacial score (nSPS) is 13.1. The first kappa shape index (κ1) is 20.1. The van der Waals surface area contributed by atoms with Crippen LogP contribution in [0.3, 0.4) is 0 Å². The van der Waals surface area contributed by atoms with E-state index in [1.807, 2.05) is 38.1 Å². The van der Waals surface area contributed by atoms with Gasteiger partial charge in [0.25, 0.3) is 0 Å². The number of nitrogens with zero attached hydrogens (tertiary/aromatic N) is 1. The van der Waals surface area contributed by atoms with Gasteiger partial charge in [-0.05, 0) is 57.0 Å². The van der Waals surface area contributed by atoms with Crippen molar-refractivity contribution in [1.82, 2.24) is 5.32 Å². The molecule has 3 rings (SSSR count). The van der Waals surface area contributed by atoms with Crippen molar-refractivity contribution in [1.29, 1.82) is 0 Å². The minimum Gasteiger partial charge on any atom is -0.486 e. The van der Waals surface area contributed by atoms with Gasteiger partial charge < -0.3 is 19.7 Å². The fraction of sp³-hybridized carbons (Fsp3) is 0.435. The quantitative estimate of drug-likeness (QED) is 0.706. The van der Waals surface area contributed by atoms with Crippen LogP contribution in [0.2, 0.25) is 0 Å². The standard InChI is InChI=1S/C23H30N2O3/c1-4-25(19-9-6-5-7-10-19)14-8-13-24-22(26)23(2,3)18-11-12-20-21(17-18)28-16-15-27-20/h5-7,9-12,17H,4,8,13-16H2,1-3H3,(H,24,26). The third-order valence-corrected chi connectivity index (χ3v) is 5.22. The van der Waals surface area contributed by atoms with E-state index in [0.717, 1.165) is 30.8 Å². The number of benzene rings is 2. The highest BCUT2D eigenvalue weighted by Gasteiger charge is 2.30. The van der Waals surface area contributed by atoms with Crippen molar-refractivity contribution < 1.29 is 14.3 Å². The van der Waals surface area contributed by atoms with E-state index in [1.165, 1.54) is 5.69 Å². The van der Waals surface area contributed by atoms with Gasteiger partial charge in [-0.3, -0.25) is 4.79 Å². The second kappa shape index (κ2) is 9.00. The number of hydrogen-bond donors (Lipinski definition) is 1. The molecule has 0 unspecified atom stereocenters.